The third-order valence-electron chi connectivity index (χ3n) is 3.96. The molecule has 1 atom stereocenters. The average molecular weight is 314 g/mol. The lowest BCUT2D eigenvalue weighted by atomic mass is 9.89. The molecule has 1 unspecified atom stereocenters. The molecule has 6 heteroatoms. The SMILES string of the molecule is COc1ccc(-c2ccc(F)cc2)cc1C1(C)NC(=O)NC1=O. The van der Waals surface area contributed by atoms with Crippen LogP contribution in [0.5, 0.6) is 5.75 Å². The Morgan fingerprint density at radius 1 is 1.04 bits per heavy atom. The summed E-state index contributed by atoms with van der Waals surface area (Å²) in [5.74, 6) is -0.287. The molecule has 0 radical (unpaired) electrons. The van der Waals surface area contributed by atoms with Crippen LogP contribution in [0.25, 0.3) is 11.1 Å². The molecule has 1 aliphatic rings. The second-order valence-corrected chi connectivity index (χ2v) is 5.46. The van der Waals surface area contributed by atoms with Crippen molar-refractivity contribution < 1.29 is 18.7 Å². The van der Waals surface area contributed by atoms with Gasteiger partial charge >= 0.3 is 6.03 Å². The molecule has 5 nitrogen and oxygen atoms in total. The van der Waals surface area contributed by atoms with Crippen LogP contribution in [0.15, 0.2) is 42.5 Å². The predicted octanol–water partition coefficient (Wildman–Crippen LogP) is 2.56. The van der Waals surface area contributed by atoms with Crippen molar-refractivity contribution in [2.75, 3.05) is 7.11 Å². The van der Waals surface area contributed by atoms with E-state index in [0.29, 0.717) is 11.3 Å². The Kier molecular flexibility index (Phi) is 3.52. The molecular weight excluding hydrogens is 299 g/mol. The van der Waals surface area contributed by atoms with Crippen LogP contribution < -0.4 is 15.4 Å². The Hall–Kier alpha value is -2.89. The van der Waals surface area contributed by atoms with Crippen molar-refractivity contribution in [3.63, 3.8) is 0 Å². The van der Waals surface area contributed by atoms with Gasteiger partial charge in [0, 0.05) is 5.56 Å². The topological polar surface area (TPSA) is 67.4 Å². The molecule has 1 heterocycles. The summed E-state index contributed by atoms with van der Waals surface area (Å²) in [4.78, 5) is 23.7. The summed E-state index contributed by atoms with van der Waals surface area (Å²) in [6.07, 6.45) is 0. The van der Waals surface area contributed by atoms with Gasteiger partial charge in [-0.05, 0) is 42.3 Å². The van der Waals surface area contributed by atoms with Gasteiger partial charge in [-0.25, -0.2) is 9.18 Å². The Labute approximate surface area is 132 Å². The van der Waals surface area contributed by atoms with Gasteiger partial charge < -0.3 is 10.1 Å². The molecule has 118 valence electrons. The Morgan fingerprint density at radius 2 is 1.70 bits per heavy atom. The van der Waals surface area contributed by atoms with Crippen LogP contribution in [0.4, 0.5) is 9.18 Å². The van der Waals surface area contributed by atoms with Gasteiger partial charge in [0.2, 0.25) is 0 Å². The van der Waals surface area contributed by atoms with E-state index in [-0.39, 0.29) is 5.82 Å². The highest BCUT2D eigenvalue weighted by Gasteiger charge is 2.45. The van der Waals surface area contributed by atoms with Crippen molar-refractivity contribution >= 4 is 11.9 Å². The zero-order valence-corrected chi connectivity index (χ0v) is 12.6. The first-order valence-corrected chi connectivity index (χ1v) is 7.02. The minimum absolute atomic E-state index is 0.322. The van der Waals surface area contributed by atoms with Gasteiger partial charge in [0.25, 0.3) is 5.91 Å². The molecule has 3 amide bonds. The van der Waals surface area contributed by atoms with Crippen molar-refractivity contribution in [1.82, 2.24) is 10.6 Å². The number of amides is 3. The first kappa shape index (κ1) is 15.0. The summed E-state index contributed by atoms with van der Waals surface area (Å²) in [6.45, 7) is 1.61. The van der Waals surface area contributed by atoms with Gasteiger partial charge in [-0.1, -0.05) is 18.2 Å². The number of methoxy groups -OCH3 is 1. The van der Waals surface area contributed by atoms with Gasteiger partial charge in [-0.15, -0.1) is 0 Å². The molecule has 0 saturated carbocycles. The molecule has 1 fully saturated rings. The molecule has 0 aromatic heterocycles. The number of hydrogen-bond acceptors (Lipinski definition) is 3. The predicted molar refractivity (Wildman–Crippen MR) is 82.4 cm³/mol. The highest BCUT2D eigenvalue weighted by atomic mass is 19.1. The lowest BCUT2D eigenvalue weighted by molar-refractivity contribution is -0.123. The minimum Gasteiger partial charge on any atom is -0.496 e. The maximum atomic E-state index is 13.1. The lowest BCUT2D eigenvalue weighted by Crippen LogP contribution is -2.40. The van der Waals surface area contributed by atoms with Crippen molar-refractivity contribution in [2.45, 2.75) is 12.5 Å². The van der Waals surface area contributed by atoms with Gasteiger partial charge in [-0.3, -0.25) is 10.1 Å². The number of hydrogen-bond donors (Lipinski definition) is 2. The van der Waals surface area contributed by atoms with E-state index in [2.05, 4.69) is 10.6 Å². The Morgan fingerprint density at radius 3 is 2.26 bits per heavy atom. The number of ether oxygens (including phenoxy) is 1. The van der Waals surface area contributed by atoms with Gasteiger partial charge in [-0.2, -0.15) is 0 Å². The van der Waals surface area contributed by atoms with Crippen molar-refractivity contribution in [3.05, 3.63) is 53.8 Å². The second kappa shape index (κ2) is 5.39. The minimum atomic E-state index is -1.22. The fourth-order valence-electron chi connectivity index (χ4n) is 2.65. The summed E-state index contributed by atoms with van der Waals surface area (Å²) >= 11 is 0. The number of nitrogens with one attached hydrogen (secondary N) is 2. The van der Waals surface area contributed by atoms with Crippen LogP contribution in [0.1, 0.15) is 12.5 Å². The maximum absolute atomic E-state index is 13.1. The molecule has 23 heavy (non-hydrogen) atoms. The van der Waals surface area contributed by atoms with E-state index in [1.165, 1.54) is 19.2 Å². The molecule has 1 saturated heterocycles. The highest BCUT2D eigenvalue weighted by Crippen LogP contribution is 2.35. The Bertz CT molecular complexity index is 789. The quantitative estimate of drug-likeness (QED) is 0.856. The van der Waals surface area contributed by atoms with Crippen molar-refractivity contribution in [2.24, 2.45) is 0 Å². The fourth-order valence-corrected chi connectivity index (χ4v) is 2.65. The number of urea groups is 1. The van der Waals surface area contributed by atoms with Gasteiger partial charge in [0.1, 0.15) is 17.1 Å². The zero-order chi connectivity index (χ0) is 16.6. The third kappa shape index (κ3) is 2.52. The van der Waals surface area contributed by atoms with Crippen LogP contribution >= 0.6 is 0 Å². The van der Waals surface area contributed by atoms with Gasteiger partial charge in [0.15, 0.2) is 0 Å². The molecule has 0 aliphatic carbocycles. The van der Waals surface area contributed by atoms with Crippen molar-refractivity contribution in [1.29, 1.82) is 0 Å². The molecule has 3 rings (SSSR count). The summed E-state index contributed by atoms with van der Waals surface area (Å²) < 4.78 is 18.4. The molecule has 0 bridgehead atoms. The molecule has 1 aliphatic heterocycles. The zero-order valence-electron chi connectivity index (χ0n) is 12.6. The molecule has 2 aromatic carbocycles. The standard InChI is InChI=1S/C17H15FN2O3/c1-17(15(21)19-16(22)20-17)13-9-11(5-8-14(13)23-2)10-3-6-12(18)7-4-10/h3-9H,1-2H3,(H2,19,20,21,22). The van der Waals surface area contributed by atoms with Crippen LogP contribution in [-0.4, -0.2) is 19.0 Å². The smallest absolute Gasteiger partial charge is 0.322 e. The van der Waals surface area contributed by atoms with Crippen LogP contribution in [-0.2, 0) is 10.3 Å². The highest BCUT2D eigenvalue weighted by molar-refractivity contribution is 6.07. The van der Waals surface area contributed by atoms with Crippen LogP contribution in [0.3, 0.4) is 0 Å². The molecule has 2 aromatic rings. The normalized spacial score (nSPS) is 20.1. The lowest BCUT2D eigenvalue weighted by Gasteiger charge is -2.24. The number of halogens is 1. The number of carbonyl (C=O) groups excluding carboxylic acids is 2. The van der Waals surface area contributed by atoms with Crippen molar-refractivity contribution in [3.8, 4) is 16.9 Å². The Balaban J connectivity index is 2.12. The van der Waals surface area contributed by atoms with E-state index in [4.69, 9.17) is 4.74 Å². The van der Waals surface area contributed by atoms with Crippen LogP contribution in [0, 0.1) is 5.82 Å². The summed E-state index contributed by atoms with van der Waals surface area (Å²) in [6, 6.07) is 10.8. The molecular formula is C17H15FN2O3. The van der Waals surface area contributed by atoms with E-state index >= 15 is 0 Å². The van der Waals surface area contributed by atoms with Gasteiger partial charge in [0.05, 0.1) is 7.11 Å². The molecule has 2 N–H and O–H groups in total. The maximum Gasteiger partial charge on any atom is 0.322 e. The number of carbonyl (C=O) groups is 2. The van der Waals surface area contributed by atoms with E-state index in [0.717, 1.165) is 11.1 Å². The van der Waals surface area contributed by atoms with E-state index in [1.807, 2.05) is 6.07 Å². The first-order chi connectivity index (χ1) is 10.9. The summed E-state index contributed by atoms with van der Waals surface area (Å²) in [5.41, 5.74) is 0.892. The van der Waals surface area contributed by atoms with E-state index < -0.39 is 17.5 Å². The third-order valence-corrected chi connectivity index (χ3v) is 3.96. The summed E-state index contributed by atoms with van der Waals surface area (Å²) in [7, 11) is 1.49. The second-order valence-electron chi connectivity index (χ2n) is 5.46. The average Bonchev–Trinajstić information content (AvgIpc) is 2.81. The van der Waals surface area contributed by atoms with Crippen LogP contribution in [0.2, 0.25) is 0 Å². The van der Waals surface area contributed by atoms with E-state index in [9.17, 15) is 14.0 Å². The number of imide groups is 1. The number of rotatable bonds is 3. The summed E-state index contributed by atoms with van der Waals surface area (Å²) in [5, 5.41) is 4.85. The first-order valence-electron chi connectivity index (χ1n) is 7.02. The monoisotopic (exact) mass is 314 g/mol. The number of benzene rings is 2. The largest absolute Gasteiger partial charge is 0.496 e. The van der Waals surface area contributed by atoms with E-state index in [1.54, 1.807) is 31.2 Å². The molecule has 0 spiro atoms. The fraction of sp³-hybridized carbons (Fsp3) is 0.176.